The van der Waals surface area contributed by atoms with Gasteiger partial charge in [0, 0.05) is 18.3 Å². The van der Waals surface area contributed by atoms with Gasteiger partial charge in [-0.05, 0) is 12.0 Å². The summed E-state index contributed by atoms with van der Waals surface area (Å²) in [6.45, 7) is 4.67. The Balaban J connectivity index is 2.69. The van der Waals surface area contributed by atoms with E-state index in [1.165, 1.54) is 10.7 Å². The Hall–Kier alpha value is -1.16. The van der Waals surface area contributed by atoms with Crippen LogP contribution in [0.5, 0.6) is 0 Å². The van der Waals surface area contributed by atoms with Crippen molar-refractivity contribution in [3.05, 3.63) is 28.7 Å². The van der Waals surface area contributed by atoms with Crippen LogP contribution in [0.3, 0.4) is 0 Å². The van der Waals surface area contributed by atoms with Gasteiger partial charge < -0.3 is 5.73 Å². The molecule has 2 N–H and O–H groups in total. The van der Waals surface area contributed by atoms with Crippen molar-refractivity contribution in [2.75, 3.05) is 0 Å². The zero-order valence-electron chi connectivity index (χ0n) is 8.68. The van der Waals surface area contributed by atoms with Crippen LogP contribution in [-0.2, 0) is 6.54 Å². The third kappa shape index (κ3) is 2.67. The molecule has 0 saturated heterocycles. The molecule has 1 aromatic rings. The van der Waals surface area contributed by atoms with Gasteiger partial charge in [-0.2, -0.15) is 5.10 Å². The maximum absolute atomic E-state index is 11.3. The van der Waals surface area contributed by atoms with Crippen molar-refractivity contribution in [3.63, 3.8) is 0 Å². The first-order valence-corrected chi connectivity index (χ1v) is 4.93. The van der Waals surface area contributed by atoms with Crippen molar-refractivity contribution in [2.24, 2.45) is 11.7 Å². The summed E-state index contributed by atoms with van der Waals surface area (Å²) >= 11 is 0. The molecule has 2 atom stereocenters. The average molecular weight is 195 g/mol. The Morgan fingerprint density at radius 2 is 2.36 bits per heavy atom. The SMILES string of the molecule is CCC(C)C(N)Cn1ncccc1=O. The van der Waals surface area contributed by atoms with Crippen molar-refractivity contribution >= 4 is 0 Å². The molecule has 0 aromatic carbocycles. The Kier molecular flexibility index (Phi) is 3.83. The highest BCUT2D eigenvalue weighted by Gasteiger charge is 2.11. The van der Waals surface area contributed by atoms with Gasteiger partial charge in [-0.3, -0.25) is 4.79 Å². The van der Waals surface area contributed by atoms with Crippen LogP contribution >= 0.6 is 0 Å². The standard InChI is InChI=1S/C10H17N3O/c1-3-8(2)9(11)7-13-10(14)5-4-6-12-13/h4-6,8-9H,3,7,11H2,1-2H3. The number of rotatable bonds is 4. The molecule has 0 fully saturated rings. The van der Waals surface area contributed by atoms with Crippen molar-refractivity contribution in [1.29, 1.82) is 0 Å². The van der Waals surface area contributed by atoms with Crippen LogP contribution in [0.2, 0.25) is 0 Å². The van der Waals surface area contributed by atoms with E-state index in [1.54, 1.807) is 12.3 Å². The molecule has 2 unspecified atom stereocenters. The van der Waals surface area contributed by atoms with E-state index in [2.05, 4.69) is 18.9 Å². The zero-order valence-corrected chi connectivity index (χ0v) is 8.68. The summed E-state index contributed by atoms with van der Waals surface area (Å²) in [4.78, 5) is 11.3. The van der Waals surface area contributed by atoms with Crippen LogP contribution in [0.4, 0.5) is 0 Å². The molecule has 14 heavy (non-hydrogen) atoms. The Morgan fingerprint density at radius 3 is 2.93 bits per heavy atom. The molecular weight excluding hydrogens is 178 g/mol. The van der Waals surface area contributed by atoms with Crippen LogP contribution in [0.15, 0.2) is 23.1 Å². The summed E-state index contributed by atoms with van der Waals surface area (Å²) < 4.78 is 1.41. The molecule has 4 nitrogen and oxygen atoms in total. The summed E-state index contributed by atoms with van der Waals surface area (Å²) in [6, 6.07) is 3.12. The van der Waals surface area contributed by atoms with Gasteiger partial charge in [-0.15, -0.1) is 0 Å². The predicted molar refractivity (Wildman–Crippen MR) is 55.9 cm³/mol. The van der Waals surface area contributed by atoms with Crippen molar-refractivity contribution in [3.8, 4) is 0 Å². The first kappa shape index (κ1) is 10.9. The molecular formula is C10H17N3O. The predicted octanol–water partition coefficient (Wildman–Crippen LogP) is 0.617. The van der Waals surface area contributed by atoms with E-state index in [0.717, 1.165) is 6.42 Å². The zero-order chi connectivity index (χ0) is 10.6. The van der Waals surface area contributed by atoms with E-state index < -0.39 is 0 Å². The van der Waals surface area contributed by atoms with Gasteiger partial charge >= 0.3 is 0 Å². The summed E-state index contributed by atoms with van der Waals surface area (Å²) in [5, 5.41) is 3.96. The van der Waals surface area contributed by atoms with Crippen LogP contribution in [0, 0.1) is 5.92 Å². The average Bonchev–Trinajstić information content (AvgIpc) is 2.20. The lowest BCUT2D eigenvalue weighted by Gasteiger charge is -2.18. The van der Waals surface area contributed by atoms with Crippen LogP contribution in [0.25, 0.3) is 0 Å². The molecule has 0 saturated carbocycles. The summed E-state index contributed by atoms with van der Waals surface area (Å²) in [7, 11) is 0. The number of hydrogen-bond acceptors (Lipinski definition) is 3. The Labute approximate surface area is 83.7 Å². The van der Waals surface area contributed by atoms with Gasteiger partial charge in [0.25, 0.3) is 5.56 Å². The lowest BCUT2D eigenvalue weighted by atomic mass is 10.0. The largest absolute Gasteiger partial charge is 0.326 e. The number of nitrogens with two attached hydrogens (primary N) is 1. The van der Waals surface area contributed by atoms with E-state index in [9.17, 15) is 4.79 Å². The van der Waals surface area contributed by atoms with E-state index in [0.29, 0.717) is 12.5 Å². The molecule has 0 radical (unpaired) electrons. The normalized spacial score (nSPS) is 15.1. The number of aromatic nitrogens is 2. The summed E-state index contributed by atoms with van der Waals surface area (Å²) in [6.07, 6.45) is 2.62. The quantitative estimate of drug-likeness (QED) is 0.766. The molecule has 1 rings (SSSR count). The second-order valence-electron chi connectivity index (χ2n) is 3.59. The minimum Gasteiger partial charge on any atom is -0.326 e. The van der Waals surface area contributed by atoms with Gasteiger partial charge in [0.15, 0.2) is 0 Å². The number of hydrogen-bond donors (Lipinski definition) is 1. The van der Waals surface area contributed by atoms with Crippen molar-refractivity contribution in [2.45, 2.75) is 32.9 Å². The fourth-order valence-electron chi connectivity index (χ4n) is 1.21. The molecule has 78 valence electrons. The van der Waals surface area contributed by atoms with E-state index in [-0.39, 0.29) is 11.6 Å². The Bertz CT molecular complexity index is 334. The van der Waals surface area contributed by atoms with Crippen LogP contribution in [-0.4, -0.2) is 15.8 Å². The van der Waals surface area contributed by atoms with E-state index in [1.807, 2.05) is 0 Å². The Morgan fingerprint density at radius 1 is 1.64 bits per heavy atom. The van der Waals surface area contributed by atoms with Crippen molar-refractivity contribution in [1.82, 2.24) is 9.78 Å². The molecule has 0 aliphatic carbocycles. The molecule has 1 aromatic heterocycles. The second kappa shape index (κ2) is 4.91. The van der Waals surface area contributed by atoms with E-state index >= 15 is 0 Å². The van der Waals surface area contributed by atoms with Crippen molar-refractivity contribution < 1.29 is 0 Å². The molecule has 0 amide bonds. The molecule has 1 heterocycles. The summed E-state index contributed by atoms with van der Waals surface area (Å²) in [5.41, 5.74) is 5.84. The molecule has 0 spiro atoms. The monoisotopic (exact) mass is 195 g/mol. The number of nitrogens with zero attached hydrogens (tertiary/aromatic N) is 2. The molecule has 0 aliphatic heterocycles. The van der Waals surface area contributed by atoms with Gasteiger partial charge in [0.05, 0.1) is 6.54 Å². The first-order chi connectivity index (χ1) is 6.65. The van der Waals surface area contributed by atoms with Gasteiger partial charge in [0.1, 0.15) is 0 Å². The third-order valence-electron chi connectivity index (χ3n) is 2.54. The highest BCUT2D eigenvalue weighted by atomic mass is 16.1. The van der Waals surface area contributed by atoms with E-state index in [4.69, 9.17) is 5.73 Å². The highest BCUT2D eigenvalue weighted by Crippen LogP contribution is 2.05. The lowest BCUT2D eigenvalue weighted by molar-refractivity contribution is 0.373. The molecule has 0 aliphatic rings. The van der Waals surface area contributed by atoms with Crippen LogP contribution in [0.1, 0.15) is 20.3 Å². The molecule has 4 heteroatoms. The second-order valence-corrected chi connectivity index (χ2v) is 3.59. The maximum atomic E-state index is 11.3. The minimum atomic E-state index is -0.0914. The minimum absolute atomic E-state index is 0.00685. The lowest BCUT2D eigenvalue weighted by Crippen LogP contribution is -2.37. The fourth-order valence-corrected chi connectivity index (χ4v) is 1.21. The van der Waals surface area contributed by atoms with Gasteiger partial charge in [-0.25, -0.2) is 4.68 Å². The molecule has 0 bridgehead atoms. The van der Waals surface area contributed by atoms with Gasteiger partial charge in [-0.1, -0.05) is 20.3 Å². The van der Waals surface area contributed by atoms with Crippen LogP contribution < -0.4 is 11.3 Å². The first-order valence-electron chi connectivity index (χ1n) is 4.93. The topological polar surface area (TPSA) is 60.9 Å². The third-order valence-corrected chi connectivity index (χ3v) is 2.54. The highest BCUT2D eigenvalue weighted by molar-refractivity contribution is 4.85. The summed E-state index contributed by atoms with van der Waals surface area (Å²) in [5.74, 6) is 0.406. The van der Waals surface area contributed by atoms with Gasteiger partial charge in [0.2, 0.25) is 0 Å². The maximum Gasteiger partial charge on any atom is 0.266 e. The fraction of sp³-hybridized carbons (Fsp3) is 0.600. The smallest absolute Gasteiger partial charge is 0.266 e.